The number of aromatic nitrogens is 1. The molecular formula is C31H32N2O8. The molecule has 0 unspecified atom stereocenters. The van der Waals surface area contributed by atoms with Gasteiger partial charge in [0.2, 0.25) is 5.89 Å². The summed E-state index contributed by atoms with van der Waals surface area (Å²) in [6.45, 7) is 2.15. The number of rotatable bonds is 12. The van der Waals surface area contributed by atoms with Crippen LogP contribution in [0.15, 0.2) is 77.2 Å². The molecule has 0 N–H and O–H groups in total. The minimum atomic E-state index is -0.683. The first-order chi connectivity index (χ1) is 19.9. The number of hydrogen-bond acceptors (Lipinski definition) is 9. The number of nitrogens with zero attached hydrogens (tertiary/aromatic N) is 2. The Morgan fingerprint density at radius 3 is 2.00 bits per heavy atom. The predicted molar refractivity (Wildman–Crippen MR) is 150 cm³/mol. The molecule has 4 rings (SSSR count). The standard InChI is InChI=1S/C31H32N2O8/c1-21-28(32-30(40-21)23-7-11-24(36-2)12-8-23)17-18-39-26-9-5-22(6-10-26)19-33(20-29(34)38-4)31(35)41-27-15-13-25(37-3)14-16-27/h5-16H,17-20H2,1-4H3. The van der Waals surface area contributed by atoms with E-state index >= 15 is 0 Å². The summed E-state index contributed by atoms with van der Waals surface area (Å²) < 4.78 is 32.3. The maximum Gasteiger partial charge on any atom is 0.416 e. The third kappa shape index (κ3) is 8.01. The second-order valence-corrected chi connectivity index (χ2v) is 8.97. The summed E-state index contributed by atoms with van der Waals surface area (Å²) in [6, 6.07) is 21.4. The second kappa shape index (κ2) is 13.9. The maximum absolute atomic E-state index is 12.8. The molecule has 3 aromatic carbocycles. The fourth-order valence-corrected chi connectivity index (χ4v) is 3.91. The van der Waals surface area contributed by atoms with Crippen LogP contribution in [0.2, 0.25) is 0 Å². The molecule has 1 aromatic heterocycles. The minimum Gasteiger partial charge on any atom is -0.497 e. The van der Waals surface area contributed by atoms with Crippen LogP contribution >= 0.6 is 0 Å². The molecule has 10 nitrogen and oxygen atoms in total. The molecule has 214 valence electrons. The zero-order valence-corrected chi connectivity index (χ0v) is 23.4. The average molecular weight is 561 g/mol. The van der Waals surface area contributed by atoms with Crippen molar-refractivity contribution < 1.29 is 37.7 Å². The van der Waals surface area contributed by atoms with Gasteiger partial charge in [-0.25, -0.2) is 9.78 Å². The van der Waals surface area contributed by atoms with Crippen molar-refractivity contribution >= 4 is 12.1 Å². The molecule has 41 heavy (non-hydrogen) atoms. The minimum absolute atomic E-state index is 0.136. The maximum atomic E-state index is 12.8. The highest BCUT2D eigenvalue weighted by Crippen LogP contribution is 2.25. The SMILES string of the molecule is COC(=O)CN(Cc1ccc(OCCc2nc(-c3ccc(OC)cc3)oc2C)cc1)C(=O)Oc1ccc(OC)cc1. The highest BCUT2D eigenvalue weighted by molar-refractivity contribution is 5.79. The first-order valence-electron chi connectivity index (χ1n) is 12.9. The lowest BCUT2D eigenvalue weighted by Gasteiger charge is -2.21. The molecule has 10 heteroatoms. The number of hydrogen-bond donors (Lipinski definition) is 0. The summed E-state index contributed by atoms with van der Waals surface area (Å²) >= 11 is 0. The van der Waals surface area contributed by atoms with Crippen molar-refractivity contribution in [3.8, 4) is 34.5 Å². The van der Waals surface area contributed by atoms with E-state index in [9.17, 15) is 9.59 Å². The molecule has 0 aliphatic heterocycles. The van der Waals surface area contributed by atoms with Gasteiger partial charge in [-0.1, -0.05) is 12.1 Å². The fraction of sp³-hybridized carbons (Fsp3) is 0.258. The van der Waals surface area contributed by atoms with Crippen molar-refractivity contribution in [2.45, 2.75) is 19.9 Å². The second-order valence-electron chi connectivity index (χ2n) is 8.97. The highest BCUT2D eigenvalue weighted by atomic mass is 16.6. The largest absolute Gasteiger partial charge is 0.497 e. The van der Waals surface area contributed by atoms with E-state index in [2.05, 4.69) is 4.98 Å². The first-order valence-corrected chi connectivity index (χ1v) is 12.9. The van der Waals surface area contributed by atoms with Crippen LogP contribution in [0.1, 0.15) is 17.0 Å². The van der Waals surface area contributed by atoms with Gasteiger partial charge in [0.25, 0.3) is 0 Å². The third-order valence-corrected chi connectivity index (χ3v) is 6.20. The summed E-state index contributed by atoms with van der Waals surface area (Å²) in [7, 11) is 4.44. The van der Waals surface area contributed by atoms with Crippen molar-refractivity contribution in [2.24, 2.45) is 0 Å². The van der Waals surface area contributed by atoms with E-state index < -0.39 is 12.1 Å². The Morgan fingerprint density at radius 2 is 1.39 bits per heavy atom. The molecular weight excluding hydrogens is 528 g/mol. The first kappa shape index (κ1) is 29.0. The van der Waals surface area contributed by atoms with Crippen LogP contribution in [0.5, 0.6) is 23.0 Å². The molecule has 1 amide bonds. The predicted octanol–water partition coefficient (Wildman–Crippen LogP) is 5.46. The topological polar surface area (TPSA) is 110 Å². The van der Waals surface area contributed by atoms with E-state index in [1.54, 1.807) is 50.6 Å². The molecule has 1 heterocycles. The van der Waals surface area contributed by atoms with Gasteiger partial charge in [-0.2, -0.15) is 0 Å². The van der Waals surface area contributed by atoms with E-state index in [1.807, 2.05) is 43.3 Å². The molecule has 0 fully saturated rings. The number of esters is 1. The van der Waals surface area contributed by atoms with Crippen LogP contribution in [0.3, 0.4) is 0 Å². The Balaban J connectivity index is 1.33. The van der Waals surface area contributed by atoms with Crippen molar-refractivity contribution in [3.05, 3.63) is 89.8 Å². The molecule has 0 saturated carbocycles. The normalized spacial score (nSPS) is 10.5. The molecule has 0 radical (unpaired) electrons. The van der Waals surface area contributed by atoms with Crippen LogP contribution < -0.4 is 18.9 Å². The molecule has 0 atom stereocenters. The van der Waals surface area contributed by atoms with Gasteiger partial charge in [0.1, 0.15) is 35.3 Å². The van der Waals surface area contributed by atoms with Crippen molar-refractivity contribution in [1.29, 1.82) is 0 Å². The van der Waals surface area contributed by atoms with Gasteiger partial charge in [-0.05, 0) is 73.2 Å². The van der Waals surface area contributed by atoms with Crippen LogP contribution in [-0.4, -0.2) is 56.4 Å². The summed E-state index contributed by atoms with van der Waals surface area (Å²) in [6.07, 6.45) is -0.116. The Bertz CT molecular complexity index is 1430. The Hall–Kier alpha value is -4.99. The van der Waals surface area contributed by atoms with Crippen LogP contribution in [0.25, 0.3) is 11.5 Å². The zero-order chi connectivity index (χ0) is 29.2. The van der Waals surface area contributed by atoms with Crippen LogP contribution in [0, 0.1) is 6.92 Å². The van der Waals surface area contributed by atoms with Crippen LogP contribution in [0.4, 0.5) is 4.79 Å². The smallest absolute Gasteiger partial charge is 0.416 e. The summed E-state index contributed by atoms with van der Waals surface area (Å²) in [5.74, 6) is 3.11. The lowest BCUT2D eigenvalue weighted by molar-refractivity contribution is -0.141. The lowest BCUT2D eigenvalue weighted by atomic mass is 10.2. The number of carbonyl (C=O) groups is 2. The number of methoxy groups -OCH3 is 3. The number of amides is 1. The molecule has 0 spiro atoms. The van der Waals surface area contributed by atoms with Gasteiger partial charge in [-0.3, -0.25) is 9.69 Å². The number of carbonyl (C=O) groups excluding carboxylic acids is 2. The van der Waals surface area contributed by atoms with Gasteiger partial charge in [0.05, 0.1) is 33.6 Å². The molecule has 0 bridgehead atoms. The number of ether oxygens (including phenoxy) is 5. The molecule has 0 aliphatic carbocycles. The van der Waals surface area contributed by atoms with Crippen molar-refractivity contribution in [1.82, 2.24) is 9.88 Å². The number of benzene rings is 3. The Kier molecular flexibility index (Phi) is 9.82. The van der Waals surface area contributed by atoms with Crippen LogP contribution in [-0.2, 0) is 22.5 Å². The number of oxazole rings is 1. The molecule has 0 aliphatic rings. The lowest BCUT2D eigenvalue weighted by Crippen LogP contribution is -2.37. The van der Waals surface area contributed by atoms with E-state index in [4.69, 9.17) is 28.1 Å². The summed E-state index contributed by atoms with van der Waals surface area (Å²) in [5.41, 5.74) is 2.47. The van der Waals surface area contributed by atoms with Crippen molar-refractivity contribution in [3.63, 3.8) is 0 Å². The van der Waals surface area contributed by atoms with Gasteiger partial charge >= 0.3 is 12.1 Å². The van der Waals surface area contributed by atoms with Crippen molar-refractivity contribution in [2.75, 3.05) is 34.5 Å². The molecule has 4 aromatic rings. The Morgan fingerprint density at radius 1 is 0.805 bits per heavy atom. The van der Waals surface area contributed by atoms with Gasteiger partial charge in [-0.15, -0.1) is 0 Å². The van der Waals surface area contributed by atoms with E-state index in [0.717, 1.165) is 28.3 Å². The summed E-state index contributed by atoms with van der Waals surface area (Å²) in [4.78, 5) is 30.7. The summed E-state index contributed by atoms with van der Waals surface area (Å²) in [5, 5.41) is 0. The average Bonchev–Trinajstić information content (AvgIpc) is 3.37. The quantitative estimate of drug-likeness (QED) is 0.209. The highest BCUT2D eigenvalue weighted by Gasteiger charge is 2.20. The zero-order valence-electron chi connectivity index (χ0n) is 23.4. The third-order valence-electron chi connectivity index (χ3n) is 6.20. The van der Waals surface area contributed by atoms with Gasteiger partial charge in [0, 0.05) is 18.5 Å². The van der Waals surface area contributed by atoms with E-state index in [0.29, 0.717) is 36.2 Å². The fourth-order valence-electron chi connectivity index (χ4n) is 3.91. The van der Waals surface area contributed by atoms with Gasteiger partial charge in [0.15, 0.2) is 0 Å². The monoisotopic (exact) mass is 560 g/mol. The molecule has 0 saturated heterocycles. The van der Waals surface area contributed by atoms with E-state index in [-0.39, 0.29) is 13.1 Å². The Labute approximate surface area is 238 Å². The van der Waals surface area contributed by atoms with E-state index in [1.165, 1.54) is 12.0 Å². The number of aryl methyl sites for hydroxylation is 1. The van der Waals surface area contributed by atoms with Gasteiger partial charge < -0.3 is 28.1 Å².